The first-order valence-corrected chi connectivity index (χ1v) is 17.2. The van der Waals surface area contributed by atoms with Gasteiger partial charge in [-0.05, 0) is 86.6 Å². The molecular formula is C42H47FIrN3O3-. The summed E-state index contributed by atoms with van der Waals surface area (Å²) < 4.78 is 21.0. The number of aryl methyl sites for hydroxylation is 4. The zero-order valence-corrected chi connectivity index (χ0v) is 33.2. The minimum Gasteiger partial charge on any atom is -0.512 e. The van der Waals surface area contributed by atoms with E-state index in [0.29, 0.717) is 28.2 Å². The van der Waals surface area contributed by atoms with Gasteiger partial charge in [-0.25, -0.2) is 14.4 Å². The molecule has 0 unspecified atom stereocenters. The quantitative estimate of drug-likeness (QED) is 0.0710. The Bertz CT molecular complexity index is 2250. The molecule has 0 spiro atoms. The van der Waals surface area contributed by atoms with Gasteiger partial charge in [-0.2, -0.15) is 0 Å². The molecule has 0 aliphatic heterocycles. The Morgan fingerprint density at radius 2 is 1.58 bits per heavy atom. The van der Waals surface area contributed by atoms with E-state index in [0.717, 1.165) is 75.0 Å². The van der Waals surface area contributed by atoms with Gasteiger partial charge < -0.3 is 9.52 Å². The Morgan fingerprint density at radius 3 is 2.22 bits per heavy atom. The minimum atomic E-state index is -0.337. The van der Waals surface area contributed by atoms with E-state index in [1.165, 1.54) is 6.08 Å². The third-order valence-corrected chi connectivity index (χ3v) is 10.8. The van der Waals surface area contributed by atoms with Crippen LogP contribution in [0.15, 0.2) is 58.8 Å². The van der Waals surface area contributed by atoms with Gasteiger partial charge in [0.05, 0.1) is 11.1 Å². The Hall–Kier alpha value is -4.00. The van der Waals surface area contributed by atoms with Gasteiger partial charge in [0.2, 0.25) is 5.71 Å². The number of aromatic nitrogens is 3. The summed E-state index contributed by atoms with van der Waals surface area (Å²) in [6.45, 7) is 19.6. The van der Waals surface area contributed by atoms with Crippen molar-refractivity contribution >= 4 is 49.5 Å². The molecule has 0 aliphatic rings. The maximum Gasteiger partial charge on any atom is 0.216 e. The van der Waals surface area contributed by atoms with Gasteiger partial charge in [-0.15, -0.1) is 17.7 Å². The molecule has 3 heterocycles. The normalized spacial score (nSPS) is 12.3. The summed E-state index contributed by atoms with van der Waals surface area (Å²) in [6.07, 6.45) is 6.48. The van der Waals surface area contributed by atoms with Crippen LogP contribution in [0.5, 0.6) is 0 Å². The van der Waals surface area contributed by atoms with Crippen molar-refractivity contribution in [2.45, 2.75) is 94.9 Å². The molecule has 0 bridgehead atoms. The molecule has 3 aromatic heterocycles. The number of benzene rings is 3. The number of carbonyl (C=O) groups is 1. The molecule has 50 heavy (non-hydrogen) atoms. The molecule has 0 aliphatic carbocycles. The van der Waals surface area contributed by atoms with Crippen molar-refractivity contribution in [1.82, 2.24) is 15.0 Å². The number of halogens is 1. The topological polar surface area (TPSA) is 89.1 Å². The van der Waals surface area contributed by atoms with E-state index in [-0.39, 0.29) is 48.3 Å². The maximum atomic E-state index is 14.8. The monoisotopic (exact) mass is 853 g/mol. The largest absolute Gasteiger partial charge is 0.512 e. The number of furan rings is 1. The molecule has 0 saturated heterocycles. The molecule has 6 nitrogen and oxygen atoms in total. The van der Waals surface area contributed by atoms with Crippen molar-refractivity contribution in [3.05, 3.63) is 88.8 Å². The molecule has 6 aromatic rings. The fourth-order valence-electron chi connectivity index (χ4n) is 6.41. The number of hydrogen-bond donors (Lipinski definition) is 1. The van der Waals surface area contributed by atoms with Crippen molar-refractivity contribution < 1.29 is 38.8 Å². The zero-order valence-electron chi connectivity index (χ0n) is 30.8. The van der Waals surface area contributed by atoms with E-state index in [1.54, 1.807) is 13.1 Å². The summed E-state index contributed by atoms with van der Waals surface area (Å²) in [7, 11) is 0. The second kappa shape index (κ2) is 15.1. The standard InChI is InChI=1S/C27H19FN3O.C15H28O2.Ir/c1-13-7-9-20(26-21(13)18-6-5-11-29-27(18)32-26)24-19-10-8-17-12-14(2)23(28)15(3)22(17)25(19)31-16(4)30-24;1-7-14(5,8-2)12(16)11-13(17)15(6,9-3)10-4;/h5-8,10-12H,1-4H3;11,16H,7-10H2,1-6H3;/q-1;;/b;12-11-;. The second-order valence-electron chi connectivity index (χ2n) is 13.8. The van der Waals surface area contributed by atoms with E-state index in [1.807, 2.05) is 98.7 Å². The van der Waals surface area contributed by atoms with Crippen LogP contribution in [-0.4, -0.2) is 25.8 Å². The predicted octanol–water partition coefficient (Wildman–Crippen LogP) is 11.6. The first-order chi connectivity index (χ1) is 23.2. The van der Waals surface area contributed by atoms with Crippen LogP contribution in [0.3, 0.4) is 0 Å². The molecular weight excluding hydrogens is 806 g/mol. The van der Waals surface area contributed by atoms with E-state index in [4.69, 9.17) is 14.4 Å². The molecule has 0 atom stereocenters. The fourth-order valence-corrected chi connectivity index (χ4v) is 6.41. The number of ketones is 1. The zero-order chi connectivity index (χ0) is 35.8. The number of hydrogen-bond acceptors (Lipinski definition) is 6. The van der Waals surface area contributed by atoms with Gasteiger partial charge in [0.15, 0.2) is 5.78 Å². The van der Waals surface area contributed by atoms with Crippen LogP contribution in [0.2, 0.25) is 0 Å². The van der Waals surface area contributed by atoms with Crippen molar-refractivity contribution in [3.63, 3.8) is 0 Å². The molecule has 0 amide bonds. The molecule has 265 valence electrons. The summed E-state index contributed by atoms with van der Waals surface area (Å²) in [5, 5.41) is 14.7. The smallest absolute Gasteiger partial charge is 0.216 e. The van der Waals surface area contributed by atoms with Crippen LogP contribution in [0.25, 0.3) is 55.0 Å². The molecule has 1 N–H and O–H groups in total. The summed E-state index contributed by atoms with van der Waals surface area (Å²) in [6, 6.07) is 15.1. The maximum absolute atomic E-state index is 14.8. The molecule has 3 aromatic carbocycles. The molecule has 6 rings (SSSR count). The third kappa shape index (κ3) is 6.85. The third-order valence-electron chi connectivity index (χ3n) is 10.8. The van der Waals surface area contributed by atoms with Crippen LogP contribution in [0, 0.1) is 50.4 Å². The Kier molecular flexibility index (Phi) is 11.7. The number of allylic oxidation sites excluding steroid dienone is 2. The van der Waals surface area contributed by atoms with Crippen LogP contribution in [-0.2, 0) is 24.9 Å². The van der Waals surface area contributed by atoms with Crippen molar-refractivity contribution in [2.75, 3.05) is 0 Å². The first-order valence-electron chi connectivity index (χ1n) is 17.2. The van der Waals surface area contributed by atoms with E-state index in [2.05, 4.69) is 11.1 Å². The van der Waals surface area contributed by atoms with Crippen molar-refractivity contribution in [2.24, 2.45) is 10.8 Å². The summed E-state index contributed by atoms with van der Waals surface area (Å²) in [4.78, 5) is 26.1. The second-order valence-corrected chi connectivity index (χ2v) is 13.8. The number of aliphatic hydroxyl groups excluding tert-OH is 1. The van der Waals surface area contributed by atoms with E-state index >= 15 is 0 Å². The number of rotatable bonds is 8. The average Bonchev–Trinajstić information content (AvgIpc) is 3.50. The Labute approximate surface area is 308 Å². The van der Waals surface area contributed by atoms with E-state index in [9.17, 15) is 14.3 Å². The fraction of sp³-hybridized carbons (Fsp3) is 0.381. The predicted molar refractivity (Wildman–Crippen MR) is 198 cm³/mol. The first kappa shape index (κ1) is 38.8. The van der Waals surface area contributed by atoms with Gasteiger partial charge in [-0.3, -0.25) is 9.78 Å². The number of fused-ring (bicyclic) bond motifs is 6. The summed E-state index contributed by atoms with van der Waals surface area (Å²) in [5.41, 5.74) is 5.17. The van der Waals surface area contributed by atoms with Crippen LogP contribution in [0.1, 0.15) is 89.7 Å². The summed E-state index contributed by atoms with van der Waals surface area (Å²) in [5.74, 6) is 0.695. The molecule has 0 fully saturated rings. The van der Waals surface area contributed by atoms with Gasteiger partial charge in [-0.1, -0.05) is 71.5 Å². The van der Waals surface area contributed by atoms with Crippen molar-refractivity contribution in [3.8, 4) is 11.3 Å². The minimum absolute atomic E-state index is 0. The number of aliphatic hydroxyl groups is 1. The van der Waals surface area contributed by atoms with Gasteiger partial charge in [0, 0.05) is 59.7 Å². The molecule has 0 saturated carbocycles. The van der Waals surface area contributed by atoms with Crippen LogP contribution >= 0.6 is 0 Å². The molecule has 8 heteroatoms. The Morgan fingerprint density at radius 1 is 0.920 bits per heavy atom. The van der Waals surface area contributed by atoms with Gasteiger partial charge >= 0.3 is 0 Å². The van der Waals surface area contributed by atoms with Gasteiger partial charge in [0.25, 0.3) is 0 Å². The van der Waals surface area contributed by atoms with Crippen LogP contribution < -0.4 is 0 Å². The number of nitrogens with zero attached hydrogens (tertiary/aromatic N) is 3. The Balaban J connectivity index is 0.000000269. The summed E-state index contributed by atoms with van der Waals surface area (Å²) >= 11 is 0. The molecule has 1 radical (unpaired) electrons. The number of carbonyl (C=O) groups excluding carboxylic acids is 1. The van der Waals surface area contributed by atoms with E-state index < -0.39 is 0 Å². The SMILES string of the molecule is CCC(C)(CC)C(=O)/C=C(\O)C(C)(CC)CC.Cc1nc(-c2[c-]cc(C)c3c2oc2ncccc23)c2ccc3cc(C)c(F)c(C)c3c2n1.[Ir]. The van der Waals surface area contributed by atoms with Gasteiger partial charge in [0.1, 0.15) is 17.4 Å². The van der Waals surface area contributed by atoms with Crippen molar-refractivity contribution in [1.29, 1.82) is 0 Å². The van der Waals surface area contributed by atoms with Crippen LogP contribution in [0.4, 0.5) is 4.39 Å². The average molecular weight is 853 g/mol. The number of pyridine rings is 1.